The highest BCUT2D eigenvalue weighted by atomic mass is 19.4. The molecule has 118 valence electrons. The van der Waals surface area contributed by atoms with Crippen LogP contribution in [0.3, 0.4) is 0 Å². The first-order chi connectivity index (χ1) is 9.44. The van der Waals surface area contributed by atoms with Gasteiger partial charge in [0.05, 0.1) is 12.1 Å². The predicted octanol–water partition coefficient (Wildman–Crippen LogP) is 2.08. The number of rotatable bonds is 4. The highest BCUT2D eigenvalue weighted by molar-refractivity contribution is 5.69. The van der Waals surface area contributed by atoms with Gasteiger partial charge >= 0.3 is 18.5 Å². The first kappa shape index (κ1) is 17.0. The van der Waals surface area contributed by atoms with Gasteiger partial charge in [-0.25, -0.2) is 4.98 Å². The molecule has 0 unspecified atom stereocenters. The van der Waals surface area contributed by atoms with Crippen LogP contribution in [0.4, 0.5) is 26.3 Å². The molecular formula is C10H8F6N2O3. The standard InChI is InChI=1S/C10H8F6N2O3/c11-9(12,13)8-7(21-10(14,15)16)4(3-17)1-5(18-8)2-6(19)20/h1H,2-3,17H2,(H,19,20). The highest BCUT2D eigenvalue weighted by Crippen LogP contribution is 2.39. The van der Waals surface area contributed by atoms with Crippen molar-refractivity contribution in [2.24, 2.45) is 5.73 Å². The van der Waals surface area contributed by atoms with Gasteiger partial charge in [0.15, 0.2) is 11.4 Å². The second-order valence-electron chi connectivity index (χ2n) is 3.77. The fourth-order valence-electron chi connectivity index (χ4n) is 1.46. The minimum Gasteiger partial charge on any atom is -0.481 e. The Bertz CT molecular complexity index is 541. The molecule has 1 aromatic rings. The molecule has 3 N–H and O–H groups in total. The van der Waals surface area contributed by atoms with Gasteiger partial charge in [-0.2, -0.15) is 13.2 Å². The Kier molecular flexibility index (Phi) is 4.66. The summed E-state index contributed by atoms with van der Waals surface area (Å²) >= 11 is 0. The fraction of sp³-hybridized carbons (Fsp3) is 0.400. The summed E-state index contributed by atoms with van der Waals surface area (Å²) in [5, 5.41) is 8.52. The van der Waals surface area contributed by atoms with Crippen LogP contribution in [-0.4, -0.2) is 22.4 Å². The number of nitrogens with zero attached hydrogens (tertiary/aromatic N) is 1. The summed E-state index contributed by atoms with van der Waals surface area (Å²) < 4.78 is 78.2. The lowest BCUT2D eigenvalue weighted by Gasteiger charge is -2.18. The zero-order valence-corrected chi connectivity index (χ0v) is 10.0. The molecule has 1 rings (SSSR count). The van der Waals surface area contributed by atoms with E-state index in [-0.39, 0.29) is 0 Å². The van der Waals surface area contributed by atoms with Gasteiger partial charge in [-0.1, -0.05) is 0 Å². The molecule has 0 fully saturated rings. The Morgan fingerprint density at radius 1 is 1.29 bits per heavy atom. The van der Waals surface area contributed by atoms with E-state index in [0.717, 1.165) is 6.07 Å². The number of aliphatic carboxylic acids is 1. The van der Waals surface area contributed by atoms with E-state index in [4.69, 9.17) is 10.8 Å². The molecule has 0 aromatic carbocycles. The number of aromatic nitrogens is 1. The molecule has 11 heteroatoms. The van der Waals surface area contributed by atoms with Gasteiger partial charge in [0.2, 0.25) is 0 Å². The first-order valence-corrected chi connectivity index (χ1v) is 5.21. The predicted molar refractivity (Wildman–Crippen MR) is 55.2 cm³/mol. The molecule has 1 aromatic heterocycles. The average molecular weight is 318 g/mol. The summed E-state index contributed by atoms with van der Waals surface area (Å²) in [4.78, 5) is 13.4. The zero-order chi connectivity index (χ0) is 16.4. The minimum absolute atomic E-state index is 0.579. The number of carbonyl (C=O) groups is 1. The molecule has 0 aliphatic rings. The van der Waals surface area contributed by atoms with Crippen LogP contribution in [0.25, 0.3) is 0 Å². The van der Waals surface area contributed by atoms with Gasteiger partial charge in [-0.05, 0) is 6.07 Å². The van der Waals surface area contributed by atoms with Crippen LogP contribution in [0.1, 0.15) is 17.0 Å². The molecule has 0 spiro atoms. The molecule has 0 saturated heterocycles. The van der Waals surface area contributed by atoms with Gasteiger partial charge in [0, 0.05) is 12.1 Å². The van der Waals surface area contributed by atoms with E-state index >= 15 is 0 Å². The molecule has 21 heavy (non-hydrogen) atoms. The maximum atomic E-state index is 12.8. The van der Waals surface area contributed by atoms with Gasteiger partial charge in [-0.15, -0.1) is 13.2 Å². The van der Waals surface area contributed by atoms with Crippen LogP contribution >= 0.6 is 0 Å². The zero-order valence-electron chi connectivity index (χ0n) is 10.0. The molecule has 0 amide bonds. The summed E-state index contributed by atoms with van der Waals surface area (Å²) in [6.45, 7) is -0.719. The number of pyridine rings is 1. The highest BCUT2D eigenvalue weighted by Gasteiger charge is 2.42. The fourth-order valence-corrected chi connectivity index (χ4v) is 1.46. The minimum atomic E-state index is -5.38. The molecule has 0 aliphatic heterocycles. The molecule has 0 atom stereocenters. The van der Waals surface area contributed by atoms with Crippen molar-refractivity contribution in [3.05, 3.63) is 23.0 Å². The van der Waals surface area contributed by atoms with Crippen LogP contribution < -0.4 is 10.5 Å². The lowest BCUT2D eigenvalue weighted by Crippen LogP contribution is -2.24. The largest absolute Gasteiger partial charge is 0.573 e. The third kappa shape index (κ3) is 4.77. The lowest BCUT2D eigenvalue weighted by molar-refractivity contribution is -0.276. The van der Waals surface area contributed by atoms with Gasteiger partial charge in [-0.3, -0.25) is 4.79 Å². The number of carboxylic acid groups (broad SMARTS) is 1. The van der Waals surface area contributed by atoms with Crippen molar-refractivity contribution in [3.63, 3.8) is 0 Å². The van der Waals surface area contributed by atoms with Crippen molar-refractivity contribution in [2.45, 2.75) is 25.5 Å². The first-order valence-electron chi connectivity index (χ1n) is 5.21. The van der Waals surface area contributed by atoms with Crippen LogP contribution in [0.15, 0.2) is 6.07 Å². The maximum Gasteiger partial charge on any atom is 0.573 e. The van der Waals surface area contributed by atoms with Crippen molar-refractivity contribution in [3.8, 4) is 5.75 Å². The second kappa shape index (κ2) is 5.76. The van der Waals surface area contributed by atoms with Crippen molar-refractivity contribution in [1.29, 1.82) is 0 Å². The van der Waals surface area contributed by atoms with E-state index in [1.807, 2.05) is 0 Å². The summed E-state index contributed by atoms with van der Waals surface area (Å²) in [6.07, 6.45) is -11.5. The smallest absolute Gasteiger partial charge is 0.481 e. The van der Waals surface area contributed by atoms with Crippen LogP contribution in [0.5, 0.6) is 5.75 Å². The van der Waals surface area contributed by atoms with E-state index in [1.54, 1.807) is 0 Å². The number of ether oxygens (including phenoxy) is 1. The maximum absolute atomic E-state index is 12.8. The van der Waals surface area contributed by atoms with E-state index in [0.29, 0.717) is 0 Å². The SMILES string of the molecule is NCc1cc(CC(=O)O)nc(C(F)(F)F)c1OC(F)(F)F. The number of hydrogen-bond acceptors (Lipinski definition) is 4. The molecule has 5 nitrogen and oxygen atoms in total. The third-order valence-corrected chi connectivity index (χ3v) is 2.14. The normalized spacial score (nSPS) is 12.3. The molecule has 0 radical (unpaired) electrons. The van der Waals surface area contributed by atoms with E-state index < -0.39 is 54.2 Å². The summed E-state index contributed by atoms with van der Waals surface area (Å²) in [5.74, 6) is -3.07. The lowest BCUT2D eigenvalue weighted by atomic mass is 10.1. The molecule has 0 saturated carbocycles. The van der Waals surface area contributed by atoms with E-state index in [9.17, 15) is 31.1 Å². The van der Waals surface area contributed by atoms with Gasteiger partial charge < -0.3 is 15.6 Å². The van der Waals surface area contributed by atoms with Crippen LogP contribution in [0.2, 0.25) is 0 Å². The van der Waals surface area contributed by atoms with Gasteiger partial charge in [0.25, 0.3) is 0 Å². The molecular weight excluding hydrogens is 310 g/mol. The van der Waals surface area contributed by atoms with E-state index in [2.05, 4.69) is 9.72 Å². The Hall–Kier alpha value is -2.04. The Morgan fingerprint density at radius 3 is 2.24 bits per heavy atom. The second-order valence-corrected chi connectivity index (χ2v) is 3.77. The average Bonchev–Trinajstić information content (AvgIpc) is 2.26. The number of carboxylic acids is 1. The van der Waals surface area contributed by atoms with Crippen LogP contribution in [-0.2, 0) is 23.9 Å². The molecule has 1 heterocycles. The summed E-state index contributed by atoms with van der Waals surface area (Å²) in [7, 11) is 0. The summed E-state index contributed by atoms with van der Waals surface area (Å²) in [6, 6.07) is 0.727. The van der Waals surface area contributed by atoms with Crippen molar-refractivity contribution < 1.29 is 41.0 Å². The Morgan fingerprint density at radius 2 is 1.86 bits per heavy atom. The molecule has 0 bridgehead atoms. The Labute approximate surface area is 113 Å². The monoisotopic (exact) mass is 318 g/mol. The Balaban J connectivity index is 3.48. The molecule has 0 aliphatic carbocycles. The topological polar surface area (TPSA) is 85.4 Å². The van der Waals surface area contributed by atoms with Gasteiger partial charge in [0.1, 0.15) is 0 Å². The van der Waals surface area contributed by atoms with Crippen LogP contribution in [0, 0.1) is 0 Å². The number of halogens is 6. The quantitative estimate of drug-likeness (QED) is 0.830. The third-order valence-electron chi connectivity index (χ3n) is 2.14. The number of nitrogens with two attached hydrogens (primary N) is 1. The van der Waals surface area contributed by atoms with Crippen molar-refractivity contribution >= 4 is 5.97 Å². The van der Waals surface area contributed by atoms with Crippen molar-refractivity contribution in [2.75, 3.05) is 0 Å². The van der Waals surface area contributed by atoms with Crippen molar-refractivity contribution in [1.82, 2.24) is 4.98 Å². The summed E-state index contributed by atoms with van der Waals surface area (Å²) in [5.41, 5.74) is 1.89. The van der Waals surface area contributed by atoms with E-state index in [1.165, 1.54) is 0 Å². The number of hydrogen-bond donors (Lipinski definition) is 2. The number of alkyl halides is 6.